The molecule has 0 aliphatic heterocycles. The van der Waals surface area contributed by atoms with E-state index in [0.717, 1.165) is 11.4 Å². The molecule has 25 heavy (non-hydrogen) atoms. The number of nitriles is 1. The summed E-state index contributed by atoms with van der Waals surface area (Å²) in [5, 5.41) is 18.4. The van der Waals surface area contributed by atoms with Crippen molar-refractivity contribution >= 4 is 17.6 Å². The molecule has 0 aliphatic carbocycles. The molecular formula is C20H13FN2O2. The zero-order valence-corrected chi connectivity index (χ0v) is 13.1. The van der Waals surface area contributed by atoms with E-state index in [1.165, 1.54) is 24.3 Å². The highest BCUT2D eigenvalue weighted by Gasteiger charge is 2.07. The number of halogens is 1. The van der Waals surface area contributed by atoms with Crippen molar-refractivity contribution in [2.75, 3.05) is 0 Å². The molecule has 0 spiro atoms. The first-order valence-corrected chi connectivity index (χ1v) is 7.47. The van der Waals surface area contributed by atoms with Crippen molar-refractivity contribution in [1.29, 1.82) is 5.26 Å². The molecule has 122 valence electrons. The van der Waals surface area contributed by atoms with Gasteiger partial charge in [0.15, 0.2) is 0 Å². The Balaban J connectivity index is 1.99. The lowest BCUT2D eigenvalue weighted by Gasteiger charge is -2.07. The van der Waals surface area contributed by atoms with Gasteiger partial charge in [-0.2, -0.15) is 5.26 Å². The highest BCUT2D eigenvalue weighted by atomic mass is 19.1. The molecule has 4 nitrogen and oxygen atoms in total. The first kappa shape index (κ1) is 16.2. The molecule has 0 bridgehead atoms. The summed E-state index contributed by atoms with van der Waals surface area (Å²) in [6.07, 6.45) is 3.53. The second-order valence-corrected chi connectivity index (χ2v) is 5.33. The third-order valence-electron chi connectivity index (χ3n) is 3.74. The third-order valence-corrected chi connectivity index (χ3v) is 3.74. The summed E-state index contributed by atoms with van der Waals surface area (Å²) in [5.41, 5.74) is 2.72. The van der Waals surface area contributed by atoms with E-state index < -0.39 is 5.97 Å². The van der Waals surface area contributed by atoms with Gasteiger partial charge in [-0.05, 0) is 60.2 Å². The van der Waals surface area contributed by atoms with E-state index in [-0.39, 0.29) is 11.4 Å². The van der Waals surface area contributed by atoms with Gasteiger partial charge in [-0.3, -0.25) is 0 Å². The zero-order chi connectivity index (χ0) is 17.8. The van der Waals surface area contributed by atoms with Crippen LogP contribution in [0.2, 0.25) is 0 Å². The zero-order valence-electron chi connectivity index (χ0n) is 13.1. The Morgan fingerprint density at radius 3 is 2.28 bits per heavy atom. The molecule has 0 atom stereocenters. The molecule has 1 N–H and O–H groups in total. The molecule has 1 aromatic heterocycles. The van der Waals surface area contributed by atoms with E-state index in [9.17, 15) is 14.4 Å². The number of aromatic carboxylic acids is 1. The summed E-state index contributed by atoms with van der Waals surface area (Å²) in [5.74, 6) is -1.33. The maximum absolute atomic E-state index is 13.1. The molecule has 0 unspecified atom stereocenters. The van der Waals surface area contributed by atoms with Crippen LogP contribution in [0.15, 0.2) is 66.9 Å². The average Bonchev–Trinajstić information content (AvgIpc) is 3.08. The molecule has 5 heteroatoms. The van der Waals surface area contributed by atoms with Gasteiger partial charge < -0.3 is 9.67 Å². The molecule has 1 heterocycles. The second kappa shape index (κ2) is 6.85. The monoisotopic (exact) mass is 332 g/mol. The first-order valence-electron chi connectivity index (χ1n) is 7.47. The minimum absolute atomic E-state index is 0.163. The second-order valence-electron chi connectivity index (χ2n) is 5.33. The third kappa shape index (κ3) is 3.48. The molecule has 2 aromatic carbocycles. The fourth-order valence-electron chi connectivity index (χ4n) is 2.47. The van der Waals surface area contributed by atoms with E-state index in [1.54, 1.807) is 30.3 Å². The molecule has 0 saturated carbocycles. The number of carbonyl (C=O) groups is 1. The van der Waals surface area contributed by atoms with Crippen LogP contribution >= 0.6 is 0 Å². The number of allylic oxidation sites excluding steroid dienone is 1. The van der Waals surface area contributed by atoms with Crippen LogP contribution in [-0.2, 0) is 0 Å². The maximum Gasteiger partial charge on any atom is 0.335 e. The number of aromatic nitrogens is 1. The van der Waals surface area contributed by atoms with Crippen molar-refractivity contribution < 1.29 is 14.3 Å². The van der Waals surface area contributed by atoms with Crippen molar-refractivity contribution in [3.05, 3.63) is 89.5 Å². The van der Waals surface area contributed by atoms with Crippen LogP contribution in [0.3, 0.4) is 0 Å². The summed E-state index contributed by atoms with van der Waals surface area (Å²) in [7, 11) is 0. The van der Waals surface area contributed by atoms with Crippen LogP contribution < -0.4 is 0 Å². The van der Waals surface area contributed by atoms with Gasteiger partial charge in [0.2, 0.25) is 0 Å². The summed E-state index contributed by atoms with van der Waals surface area (Å²) in [6, 6.07) is 18.0. The number of carboxylic acids is 1. The summed E-state index contributed by atoms with van der Waals surface area (Å²) in [6.45, 7) is 0. The lowest BCUT2D eigenvalue weighted by molar-refractivity contribution is 0.0697. The van der Waals surface area contributed by atoms with Gasteiger partial charge in [0.05, 0.1) is 17.2 Å². The Kier molecular flexibility index (Phi) is 4.44. The Hall–Kier alpha value is -3.65. The summed E-state index contributed by atoms with van der Waals surface area (Å²) < 4.78 is 14.9. The maximum atomic E-state index is 13.1. The van der Waals surface area contributed by atoms with Crippen LogP contribution in [0.1, 0.15) is 21.6 Å². The van der Waals surface area contributed by atoms with Crippen molar-refractivity contribution in [3.8, 4) is 11.8 Å². The number of carboxylic acid groups (broad SMARTS) is 1. The molecule has 3 aromatic rings. The van der Waals surface area contributed by atoms with Gasteiger partial charge in [0, 0.05) is 17.6 Å². The minimum atomic E-state index is -1.01. The number of nitrogens with zero attached hydrogens (tertiary/aromatic N) is 2. The van der Waals surface area contributed by atoms with Crippen molar-refractivity contribution in [2.45, 2.75) is 0 Å². The van der Waals surface area contributed by atoms with Crippen LogP contribution in [0.5, 0.6) is 0 Å². The van der Waals surface area contributed by atoms with Crippen LogP contribution in [0, 0.1) is 17.1 Å². The Morgan fingerprint density at radius 2 is 1.68 bits per heavy atom. The predicted molar refractivity (Wildman–Crippen MR) is 92.6 cm³/mol. The molecular weight excluding hydrogens is 319 g/mol. The minimum Gasteiger partial charge on any atom is -0.478 e. The van der Waals surface area contributed by atoms with Crippen LogP contribution in [0.4, 0.5) is 4.39 Å². The Bertz CT molecular complexity index is 978. The van der Waals surface area contributed by atoms with Crippen LogP contribution in [0.25, 0.3) is 17.3 Å². The Morgan fingerprint density at radius 1 is 1.04 bits per heavy atom. The molecule has 3 rings (SSSR count). The summed E-state index contributed by atoms with van der Waals surface area (Å²) in [4.78, 5) is 10.9. The number of rotatable bonds is 4. The quantitative estimate of drug-likeness (QED) is 0.721. The highest BCUT2D eigenvalue weighted by molar-refractivity contribution is 5.92. The molecule has 0 amide bonds. The number of hydrogen-bond acceptors (Lipinski definition) is 2. The molecule has 0 saturated heterocycles. The van der Waals surface area contributed by atoms with Gasteiger partial charge in [-0.1, -0.05) is 12.1 Å². The first-order chi connectivity index (χ1) is 12.1. The van der Waals surface area contributed by atoms with Gasteiger partial charge >= 0.3 is 5.97 Å². The van der Waals surface area contributed by atoms with Gasteiger partial charge in [0.25, 0.3) is 0 Å². The topological polar surface area (TPSA) is 66.0 Å². The number of benzene rings is 2. The van der Waals surface area contributed by atoms with E-state index >= 15 is 0 Å². The van der Waals surface area contributed by atoms with Crippen molar-refractivity contribution in [2.24, 2.45) is 0 Å². The fraction of sp³-hybridized carbons (Fsp3) is 0. The van der Waals surface area contributed by atoms with E-state index in [0.29, 0.717) is 11.1 Å². The largest absolute Gasteiger partial charge is 0.478 e. The molecule has 0 radical (unpaired) electrons. The Labute approximate surface area is 143 Å². The molecule has 0 fully saturated rings. The average molecular weight is 332 g/mol. The SMILES string of the molecule is N#C/C(=C/c1cccn1-c1ccc(F)cc1)c1ccc(C(=O)O)cc1. The number of hydrogen-bond donors (Lipinski definition) is 1. The molecule has 0 aliphatic rings. The lowest BCUT2D eigenvalue weighted by atomic mass is 10.0. The van der Waals surface area contributed by atoms with E-state index in [2.05, 4.69) is 6.07 Å². The lowest BCUT2D eigenvalue weighted by Crippen LogP contribution is -1.97. The van der Waals surface area contributed by atoms with Gasteiger partial charge in [-0.25, -0.2) is 9.18 Å². The van der Waals surface area contributed by atoms with E-state index in [1.807, 2.05) is 22.9 Å². The van der Waals surface area contributed by atoms with E-state index in [4.69, 9.17) is 5.11 Å². The highest BCUT2D eigenvalue weighted by Crippen LogP contribution is 2.21. The smallest absolute Gasteiger partial charge is 0.335 e. The standard InChI is InChI=1S/C20H13FN2O2/c21-17-7-9-18(10-8-17)23-11-1-2-19(23)12-16(13-22)14-3-5-15(6-4-14)20(24)25/h1-12H,(H,24,25)/b16-12-. The van der Waals surface area contributed by atoms with Gasteiger partial charge in [-0.15, -0.1) is 0 Å². The normalized spacial score (nSPS) is 11.1. The fourth-order valence-corrected chi connectivity index (χ4v) is 2.47. The van der Waals surface area contributed by atoms with Crippen molar-refractivity contribution in [1.82, 2.24) is 4.57 Å². The van der Waals surface area contributed by atoms with Crippen molar-refractivity contribution in [3.63, 3.8) is 0 Å². The predicted octanol–water partition coefficient (Wildman–Crippen LogP) is 4.38. The summed E-state index contributed by atoms with van der Waals surface area (Å²) >= 11 is 0. The van der Waals surface area contributed by atoms with Gasteiger partial charge in [0.1, 0.15) is 5.82 Å². The van der Waals surface area contributed by atoms with Crippen LogP contribution in [-0.4, -0.2) is 15.6 Å².